The Morgan fingerprint density at radius 2 is 1.80 bits per heavy atom. The second-order valence-corrected chi connectivity index (χ2v) is 11.2. The highest BCUT2D eigenvalue weighted by atomic mass is 32.2. The topological polar surface area (TPSA) is 55.4 Å². The van der Waals surface area contributed by atoms with Crippen molar-refractivity contribution < 1.29 is 14.3 Å². The van der Waals surface area contributed by atoms with E-state index in [0.717, 1.165) is 27.7 Å². The molecule has 168 valence electrons. The molecule has 1 aromatic rings. The van der Waals surface area contributed by atoms with Crippen LogP contribution in [-0.2, 0) is 14.3 Å². The number of nitrogens with one attached hydrogen (secondary N) is 1. The standard InChI is InChI=1S/C23H35NO3S3/c1-6-7-13-29-23(28)30-20(18-11-9-8-10-12-18)15-19(21(25)24-16(2)3)14-17(4)22(26)27-5/h8-12,16-17,19-20H,6-7,13-15H2,1-5H3,(H,24,25). The molecule has 0 saturated carbocycles. The van der Waals surface area contributed by atoms with Crippen LogP contribution in [0.3, 0.4) is 0 Å². The molecule has 7 heteroatoms. The van der Waals surface area contributed by atoms with E-state index in [0.29, 0.717) is 12.8 Å². The number of carbonyl (C=O) groups is 2. The molecule has 1 aromatic carbocycles. The summed E-state index contributed by atoms with van der Waals surface area (Å²) in [5.41, 5.74) is 1.15. The summed E-state index contributed by atoms with van der Waals surface area (Å²) >= 11 is 9.00. The van der Waals surface area contributed by atoms with E-state index in [1.807, 2.05) is 39.0 Å². The molecule has 0 spiro atoms. The number of esters is 1. The summed E-state index contributed by atoms with van der Waals surface area (Å²) in [4.78, 5) is 24.9. The monoisotopic (exact) mass is 469 g/mol. The van der Waals surface area contributed by atoms with Gasteiger partial charge in [-0.15, -0.1) is 11.8 Å². The lowest BCUT2D eigenvalue weighted by Crippen LogP contribution is -2.37. The van der Waals surface area contributed by atoms with Gasteiger partial charge in [-0.25, -0.2) is 0 Å². The van der Waals surface area contributed by atoms with Gasteiger partial charge in [-0.1, -0.05) is 74.6 Å². The molecule has 0 aliphatic rings. The number of carbonyl (C=O) groups excluding carboxylic acids is 2. The molecule has 0 heterocycles. The molecule has 3 unspecified atom stereocenters. The summed E-state index contributed by atoms with van der Waals surface area (Å²) in [5, 5.41) is 3.07. The molecule has 0 saturated heterocycles. The molecule has 4 nitrogen and oxygen atoms in total. The van der Waals surface area contributed by atoms with Gasteiger partial charge in [0.05, 0.1) is 13.0 Å². The first kappa shape index (κ1) is 27.0. The lowest BCUT2D eigenvalue weighted by Gasteiger charge is -2.25. The van der Waals surface area contributed by atoms with Gasteiger partial charge in [0.15, 0.2) is 0 Å². The third-order valence-electron chi connectivity index (χ3n) is 4.67. The average molecular weight is 470 g/mol. The van der Waals surface area contributed by atoms with Gasteiger partial charge >= 0.3 is 5.97 Å². The Balaban J connectivity index is 3.02. The lowest BCUT2D eigenvalue weighted by molar-refractivity contribution is -0.145. The molecule has 0 radical (unpaired) electrons. The Bertz CT molecular complexity index is 667. The fourth-order valence-electron chi connectivity index (χ4n) is 3.07. The molecular formula is C23H35NO3S3. The number of hydrogen-bond acceptors (Lipinski definition) is 6. The summed E-state index contributed by atoms with van der Waals surface area (Å²) in [7, 11) is 1.39. The predicted octanol–water partition coefficient (Wildman–Crippen LogP) is 6.01. The van der Waals surface area contributed by atoms with E-state index in [9.17, 15) is 9.59 Å². The lowest BCUT2D eigenvalue weighted by atomic mass is 9.89. The van der Waals surface area contributed by atoms with Crippen LogP contribution in [0.1, 0.15) is 64.2 Å². The van der Waals surface area contributed by atoms with Gasteiger partial charge in [0.1, 0.15) is 3.53 Å². The number of ether oxygens (including phenoxy) is 1. The van der Waals surface area contributed by atoms with Gasteiger partial charge in [0.2, 0.25) is 5.91 Å². The second-order valence-electron chi connectivity index (χ2n) is 7.73. The first-order chi connectivity index (χ1) is 14.3. The van der Waals surface area contributed by atoms with Crippen LogP contribution in [0.15, 0.2) is 30.3 Å². The third-order valence-corrected chi connectivity index (χ3v) is 7.62. The largest absolute Gasteiger partial charge is 0.469 e. The summed E-state index contributed by atoms with van der Waals surface area (Å²) in [6.07, 6.45) is 3.34. The molecule has 3 atom stereocenters. The van der Waals surface area contributed by atoms with Crippen LogP contribution in [0.25, 0.3) is 0 Å². The molecule has 30 heavy (non-hydrogen) atoms. The minimum atomic E-state index is -0.342. The van der Waals surface area contributed by atoms with Crippen LogP contribution in [0.2, 0.25) is 0 Å². The normalized spacial score (nSPS) is 14.1. The Kier molecular flexibility index (Phi) is 13.4. The summed E-state index contributed by atoms with van der Waals surface area (Å²) in [6, 6.07) is 10.2. The zero-order valence-corrected chi connectivity index (χ0v) is 21.1. The van der Waals surface area contributed by atoms with E-state index in [4.69, 9.17) is 17.0 Å². The number of rotatable bonds is 12. The van der Waals surface area contributed by atoms with E-state index in [1.54, 1.807) is 23.5 Å². The van der Waals surface area contributed by atoms with E-state index in [2.05, 4.69) is 24.4 Å². The maximum absolute atomic E-state index is 13.0. The summed E-state index contributed by atoms with van der Waals surface area (Å²) in [5.74, 6) is 0.0622. The molecule has 0 aliphatic carbocycles. The van der Waals surface area contributed by atoms with Crippen molar-refractivity contribution in [1.82, 2.24) is 5.32 Å². The Hall–Kier alpha value is -1.05. The van der Waals surface area contributed by atoms with Crippen LogP contribution in [0.4, 0.5) is 0 Å². The Morgan fingerprint density at radius 3 is 2.37 bits per heavy atom. The highest BCUT2D eigenvalue weighted by Crippen LogP contribution is 2.40. The van der Waals surface area contributed by atoms with Gasteiger partial charge < -0.3 is 10.1 Å². The minimum Gasteiger partial charge on any atom is -0.469 e. The van der Waals surface area contributed by atoms with Gasteiger partial charge in [-0.3, -0.25) is 9.59 Å². The molecule has 0 aliphatic heterocycles. The Labute approximate surface area is 195 Å². The van der Waals surface area contributed by atoms with Gasteiger partial charge in [0.25, 0.3) is 0 Å². The van der Waals surface area contributed by atoms with Crippen molar-refractivity contribution in [3.8, 4) is 0 Å². The molecule has 1 N–H and O–H groups in total. The quantitative estimate of drug-likeness (QED) is 0.230. The minimum absolute atomic E-state index is 0.0214. The van der Waals surface area contributed by atoms with Crippen LogP contribution in [0, 0.1) is 11.8 Å². The molecule has 0 bridgehead atoms. The molecule has 1 rings (SSSR count). The zero-order chi connectivity index (χ0) is 22.5. The number of amides is 1. The summed E-state index contributed by atoms with van der Waals surface area (Å²) in [6.45, 7) is 7.88. The zero-order valence-electron chi connectivity index (χ0n) is 18.7. The van der Waals surface area contributed by atoms with Crippen molar-refractivity contribution >= 4 is 51.1 Å². The van der Waals surface area contributed by atoms with Crippen molar-refractivity contribution in [1.29, 1.82) is 0 Å². The van der Waals surface area contributed by atoms with Crippen LogP contribution in [-0.4, -0.2) is 34.3 Å². The maximum Gasteiger partial charge on any atom is 0.308 e. The van der Waals surface area contributed by atoms with Gasteiger partial charge in [-0.05, 0) is 44.4 Å². The Morgan fingerprint density at radius 1 is 1.13 bits per heavy atom. The van der Waals surface area contributed by atoms with E-state index in [1.165, 1.54) is 7.11 Å². The number of thiocarbonyl (C=S) groups is 1. The first-order valence-corrected chi connectivity index (χ1v) is 12.8. The second kappa shape index (κ2) is 14.9. The molecule has 0 fully saturated rings. The highest BCUT2D eigenvalue weighted by Gasteiger charge is 2.29. The number of unbranched alkanes of at least 4 members (excludes halogenated alkanes) is 1. The highest BCUT2D eigenvalue weighted by molar-refractivity contribution is 8.47. The van der Waals surface area contributed by atoms with Gasteiger partial charge in [0, 0.05) is 17.2 Å². The maximum atomic E-state index is 13.0. The SMILES string of the molecule is CCCCSC(=S)SC(CC(CC(C)C(=O)OC)C(=O)NC(C)C)c1ccccc1. The number of methoxy groups -OCH3 is 1. The van der Waals surface area contributed by atoms with Crippen molar-refractivity contribution in [2.45, 2.75) is 64.7 Å². The van der Waals surface area contributed by atoms with E-state index >= 15 is 0 Å². The van der Waals surface area contributed by atoms with Crippen LogP contribution < -0.4 is 5.32 Å². The summed E-state index contributed by atoms with van der Waals surface area (Å²) < 4.78 is 5.79. The first-order valence-electron chi connectivity index (χ1n) is 10.5. The smallest absolute Gasteiger partial charge is 0.308 e. The molecule has 0 aromatic heterocycles. The fraction of sp³-hybridized carbons (Fsp3) is 0.609. The van der Waals surface area contributed by atoms with Crippen molar-refractivity contribution in [3.05, 3.63) is 35.9 Å². The number of thioether (sulfide) groups is 2. The predicted molar refractivity (Wildman–Crippen MR) is 134 cm³/mol. The average Bonchev–Trinajstić information content (AvgIpc) is 2.72. The van der Waals surface area contributed by atoms with Crippen LogP contribution >= 0.6 is 35.7 Å². The van der Waals surface area contributed by atoms with Crippen molar-refractivity contribution in [2.24, 2.45) is 11.8 Å². The molecular weight excluding hydrogens is 434 g/mol. The fourth-order valence-corrected chi connectivity index (χ4v) is 5.99. The van der Waals surface area contributed by atoms with E-state index in [-0.39, 0.29) is 35.0 Å². The number of benzene rings is 1. The van der Waals surface area contributed by atoms with Gasteiger partial charge in [-0.2, -0.15) is 0 Å². The number of hydrogen-bond donors (Lipinski definition) is 1. The van der Waals surface area contributed by atoms with Crippen molar-refractivity contribution in [2.75, 3.05) is 12.9 Å². The molecule has 1 amide bonds. The van der Waals surface area contributed by atoms with Crippen molar-refractivity contribution in [3.63, 3.8) is 0 Å². The third kappa shape index (κ3) is 10.3. The van der Waals surface area contributed by atoms with Crippen LogP contribution in [0.5, 0.6) is 0 Å². The van der Waals surface area contributed by atoms with E-state index < -0.39 is 0 Å².